The van der Waals surface area contributed by atoms with Gasteiger partial charge in [0.25, 0.3) is 0 Å². The molecule has 0 unspecified atom stereocenters. The summed E-state index contributed by atoms with van der Waals surface area (Å²) in [4.78, 5) is 17.0. The van der Waals surface area contributed by atoms with Gasteiger partial charge in [-0.3, -0.25) is 0 Å². The fourth-order valence-electron chi connectivity index (χ4n) is 0. The summed E-state index contributed by atoms with van der Waals surface area (Å²) in [5.74, 6) is 0. The van der Waals surface area contributed by atoms with Crippen LogP contribution in [-0.4, -0.2) is 49.6 Å². The minimum absolute atomic E-state index is 0. The minimum atomic E-state index is -3.63. The quantitative estimate of drug-likeness (QED) is 0.364. The molecule has 35 valence electrons. The van der Waals surface area contributed by atoms with Crippen molar-refractivity contribution in [3.63, 3.8) is 0 Å². The second-order valence-corrected chi connectivity index (χ2v) is 0.750. The van der Waals surface area contributed by atoms with E-state index in [2.05, 4.69) is 0 Å². The molecular weight excluding hydrogens is 183 g/mol. The zero-order chi connectivity index (χ0) is 3.58. The van der Waals surface area contributed by atoms with Crippen molar-refractivity contribution in [2.75, 3.05) is 0 Å². The first-order valence-corrected chi connectivity index (χ1v) is 1.84. The van der Waals surface area contributed by atoms with Gasteiger partial charge in [0.05, 0.1) is 0 Å². The van der Waals surface area contributed by atoms with Crippen LogP contribution in [-0.2, 0) is 21.5 Å². The van der Waals surface area contributed by atoms with E-state index in [-0.39, 0.29) is 57.5 Å². The predicted molar refractivity (Wildman–Crippen MR) is 17.9 cm³/mol. The van der Waals surface area contributed by atoms with Gasteiger partial charge >= 0.3 is 23.1 Å². The molecule has 0 N–H and O–H groups in total. The van der Waals surface area contributed by atoms with Crippen LogP contribution in [0.1, 0.15) is 0 Å². The maximum absolute atomic E-state index is 8.52. The third-order valence-electron chi connectivity index (χ3n) is 0. The molecule has 0 rings (SSSR count). The van der Waals surface area contributed by atoms with Gasteiger partial charge in [-0.1, -0.05) is 0 Å². The predicted octanol–water partition coefficient (Wildman–Crippen LogP) is -3.64. The summed E-state index contributed by atoms with van der Waals surface area (Å²) in [6.07, 6.45) is 0. The summed E-state index contributed by atoms with van der Waals surface area (Å²) in [6.45, 7) is 0. The zero-order valence-electron chi connectivity index (χ0n) is 3.36. The van der Waals surface area contributed by atoms with Crippen molar-refractivity contribution in [1.29, 1.82) is 0 Å². The maximum atomic E-state index is 8.52. The summed E-state index contributed by atoms with van der Waals surface area (Å²) in [6, 6.07) is 0. The molecule has 0 aromatic heterocycles. The van der Waals surface area contributed by atoms with Crippen molar-refractivity contribution in [3.05, 3.63) is 0 Å². The van der Waals surface area contributed by atoms with Crippen LogP contribution in [0.2, 0.25) is 0 Å². The average molecular weight is 183 g/mol. The van der Waals surface area contributed by atoms with Crippen LogP contribution in [0, 0.1) is 0 Å². The summed E-state index contributed by atoms with van der Waals surface area (Å²) in [5, 5.41) is 0. The SMILES string of the molecule is O=[Si]([O-])[O-].[Al].[Fe].[Mg+2]. The Bertz CT molecular complexity index is 37.9. The second-order valence-electron chi connectivity index (χ2n) is 0.250. The molecule has 0 fully saturated rings. The molecule has 0 amide bonds. The molecule has 3 radical (unpaired) electrons. The van der Waals surface area contributed by atoms with E-state index in [0.717, 1.165) is 0 Å². The number of hydrogen-bond acceptors (Lipinski definition) is 3. The van der Waals surface area contributed by atoms with Gasteiger partial charge in [0.1, 0.15) is 0 Å². The Kier molecular flexibility index (Phi) is 53.0. The smallest absolute Gasteiger partial charge is 0.672 e. The molecule has 0 aromatic rings. The first-order chi connectivity index (χ1) is 1.73. The molecule has 0 aliphatic heterocycles. The number of rotatable bonds is 0. The van der Waals surface area contributed by atoms with Gasteiger partial charge in [0.15, 0.2) is 0 Å². The fraction of sp³-hybridized carbons (Fsp3) is 0. The standard InChI is InChI=1S/Al.Fe.Mg.O3Si/c;;;1-4(2)3/q;;+2;-2. The molecule has 7 heavy (non-hydrogen) atoms. The van der Waals surface area contributed by atoms with Crippen LogP contribution in [0.15, 0.2) is 0 Å². The molecule has 0 atom stereocenters. The van der Waals surface area contributed by atoms with Gasteiger partial charge in [-0.2, -0.15) is 0 Å². The third-order valence-corrected chi connectivity index (χ3v) is 0. The molecule has 0 aliphatic rings. The molecule has 0 saturated carbocycles. The van der Waals surface area contributed by atoms with Crippen LogP contribution in [0.3, 0.4) is 0 Å². The largest absolute Gasteiger partial charge is 2.00 e. The Morgan fingerprint density at radius 1 is 1.29 bits per heavy atom. The zero-order valence-corrected chi connectivity index (χ0v) is 8.04. The van der Waals surface area contributed by atoms with E-state index in [9.17, 15) is 0 Å². The van der Waals surface area contributed by atoms with Gasteiger partial charge in [-0.05, 0) is 0 Å². The summed E-state index contributed by atoms with van der Waals surface area (Å²) < 4.78 is 8.52. The molecule has 0 aliphatic carbocycles. The van der Waals surface area contributed by atoms with Crippen molar-refractivity contribution in [2.45, 2.75) is 0 Å². The maximum Gasteiger partial charge on any atom is 2.00 e. The van der Waals surface area contributed by atoms with E-state index in [1.165, 1.54) is 0 Å². The first-order valence-electron chi connectivity index (χ1n) is 0.612. The second kappa shape index (κ2) is 15.7. The van der Waals surface area contributed by atoms with E-state index < -0.39 is 9.17 Å². The molecular formula is AlFeMgO3Si. The third kappa shape index (κ3) is 107. The number of hydrogen-bond donors (Lipinski definition) is 0. The summed E-state index contributed by atoms with van der Waals surface area (Å²) >= 11 is 0. The van der Waals surface area contributed by atoms with Crippen molar-refractivity contribution < 1.29 is 31.1 Å². The van der Waals surface area contributed by atoms with Gasteiger partial charge in [-0.15, -0.1) is 0 Å². The average Bonchev–Trinajstić information content (AvgIpc) is 0.811. The topological polar surface area (TPSA) is 63.2 Å². The molecule has 0 heterocycles. The molecule has 7 heteroatoms. The van der Waals surface area contributed by atoms with E-state index in [1.54, 1.807) is 0 Å². The van der Waals surface area contributed by atoms with Crippen molar-refractivity contribution >= 4 is 49.6 Å². The molecule has 3 nitrogen and oxygen atoms in total. The van der Waals surface area contributed by atoms with Crippen LogP contribution in [0.25, 0.3) is 0 Å². The monoisotopic (exact) mass is 183 g/mol. The van der Waals surface area contributed by atoms with Crippen LogP contribution >= 0.6 is 0 Å². The normalized spacial score (nSPS) is 3.43. The fourth-order valence-corrected chi connectivity index (χ4v) is 0. The minimum Gasteiger partial charge on any atom is -0.672 e. The van der Waals surface area contributed by atoms with E-state index in [4.69, 9.17) is 14.1 Å². The van der Waals surface area contributed by atoms with Gasteiger partial charge in [-0.25, -0.2) is 0 Å². The van der Waals surface area contributed by atoms with Crippen LogP contribution in [0.5, 0.6) is 0 Å². The Labute approximate surface area is 80.2 Å². The van der Waals surface area contributed by atoms with Gasteiger partial charge < -0.3 is 14.1 Å². The Balaban J connectivity index is -0.0000000150. The Hall–Kier alpha value is 1.44. The van der Waals surface area contributed by atoms with Crippen molar-refractivity contribution in [3.8, 4) is 0 Å². The first kappa shape index (κ1) is 23.7. The molecule has 0 bridgehead atoms. The van der Waals surface area contributed by atoms with E-state index >= 15 is 0 Å². The Morgan fingerprint density at radius 3 is 1.29 bits per heavy atom. The van der Waals surface area contributed by atoms with Gasteiger partial charge in [0.2, 0.25) is 0 Å². The van der Waals surface area contributed by atoms with Crippen molar-refractivity contribution in [2.24, 2.45) is 0 Å². The van der Waals surface area contributed by atoms with Crippen LogP contribution in [0.4, 0.5) is 0 Å². The van der Waals surface area contributed by atoms with Crippen molar-refractivity contribution in [1.82, 2.24) is 0 Å². The molecule has 0 saturated heterocycles. The molecule has 0 spiro atoms. The Morgan fingerprint density at radius 2 is 1.29 bits per heavy atom. The molecule has 0 aromatic carbocycles. The summed E-state index contributed by atoms with van der Waals surface area (Å²) in [7, 11) is -3.63. The van der Waals surface area contributed by atoms with Crippen LogP contribution < -0.4 is 9.59 Å². The van der Waals surface area contributed by atoms with E-state index in [1.807, 2.05) is 0 Å². The van der Waals surface area contributed by atoms with E-state index in [0.29, 0.717) is 0 Å². The summed E-state index contributed by atoms with van der Waals surface area (Å²) in [5.41, 5.74) is 0. The van der Waals surface area contributed by atoms with Gasteiger partial charge in [0, 0.05) is 43.6 Å².